The average Bonchev–Trinajstić information content (AvgIpc) is 3.32. The van der Waals surface area contributed by atoms with E-state index in [-0.39, 0.29) is 11.9 Å². The number of anilines is 1. The number of nitrogens with zero attached hydrogens (tertiary/aromatic N) is 2. The molecule has 1 fully saturated rings. The summed E-state index contributed by atoms with van der Waals surface area (Å²) in [7, 11) is 4.80. The highest BCUT2D eigenvalue weighted by Gasteiger charge is 2.29. The number of piperazine rings is 1. The topological polar surface area (TPSA) is 64.4 Å². The van der Waals surface area contributed by atoms with E-state index in [9.17, 15) is 4.79 Å². The van der Waals surface area contributed by atoms with Gasteiger partial charge in [0, 0.05) is 55.5 Å². The maximum atomic E-state index is 13.2. The van der Waals surface area contributed by atoms with Gasteiger partial charge in [-0.05, 0) is 38.1 Å². The summed E-state index contributed by atoms with van der Waals surface area (Å²) in [6.07, 6.45) is 0.432. The predicted molar refractivity (Wildman–Crippen MR) is 132 cm³/mol. The highest BCUT2D eigenvalue weighted by atomic mass is 16.5. The van der Waals surface area contributed by atoms with E-state index < -0.39 is 0 Å². The first-order valence-corrected chi connectivity index (χ1v) is 11.4. The van der Waals surface area contributed by atoms with E-state index >= 15 is 0 Å². The van der Waals surface area contributed by atoms with Crippen LogP contribution in [0.3, 0.4) is 0 Å². The fourth-order valence-electron chi connectivity index (χ4n) is 4.43. The highest BCUT2D eigenvalue weighted by molar-refractivity contribution is 5.91. The SMILES string of the molecule is COc1cc(OC)c(Cc2ccc(C(=O)N3CCN(c4ccc(C)cc4)C(C)C3)o2)c(OC)c1. The normalized spacial score (nSPS) is 15.9. The van der Waals surface area contributed by atoms with Crippen molar-refractivity contribution in [1.82, 2.24) is 4.90 Å². The van der Waals surface area contributed by atoms with E-state index in [1.54, 1.807) is 27.4 Å². The number of carbonyl (C=O) groups excluding carboxylic acids is 1. The minimum atomic E-state index is -0.0877. The van der Waals surface area contributed by atoms with E-state index in [1.807, 2.05) is 23.1 Å². The lowest BCUT2D eigenvalue weighted by Crippen LogP contribution is -2.53. The molecule has 1 unspecified atom stereocenters. The Morgan fingerprint density at radius 3 is 2.24 bits per heavy atom. The van der Waals surface area contributed by atoms with Gasteiger partial charge in [-0.1, -0.05) is 17.7 Å². The zero-order chi connectivity index (χ0) is 24.2. The zero-order valence-electron chi connectivity index (χ0n) is 20.5. The lowest BCUT2D eigenvalue weighted by molar-refractivity contribution is 0.0692. The molecular formula is C27H32N2O5. The minimum absolute atomic E-state index is 0.0877. The number of hydrogen-bond donors (Lipinski definition) is 0. The Labute approximate surface area is 200 Å². The van der Waals surface area contributed by atoms with Crippen LogP contribution in [-0.2, 0) is 6.42 Å². The van der Waals surface area contributed by atoms with Crippen LogP contribution in [0.5, 0.6) is 17.2 Å². The molecule has 1 amide bonds. The van der Waals surface area contributed by atoms with Crippen molar-refractivity contribution in [1.29, 1.82) is 0 Å². The van der Waals surface area contributed by atoms with Gasteiger partial charge in [0.05, 0.1) is 21.3 Å². The lowest BCUT2D eigenvalue weighted by Gasteiger charge is -2.41. The van der Waals surface area contributed by atoms with Crippen molar-refractivity contribution in [3.63, 3.8) is 0 Å². The predicted octanol–water partition coefficient (Wildman–Crippen LogP) is 4.56. The number of carbonyl (C=O) groups is 1. The molecule has 1 aliphatic heterocycles. The van der Waals surface area contributed by atoms with Gasteiger partial charge in [-0.15, -0.1) is 0 Å². The largest absolute Gasteiger partial charge is 0.496 e. The third kappa shape index (κ3) is 4.83. The van der Waals surface area contributed by atoms with Crippen LogP contribution >= 0.6 is 0 Å². The first-order valence-electron chi connectivity index (χ1n) is 11.4. The molecule has 0 radical (unpaired) electrons. The third-order valence-corrected chi connectivity index (χ3v) is 6.32. The van der Waals surface area contributed by atoms with Crippen LogP contribution in [0, 0.1) is 6.92 Å². The summed E-state index contributed by atoms with van der Waals surface area (Å²) < 4.78 is 22.4. The van der Waals surface area contributed by atoms with Crippen molar-refractivity contribution in [3.05, 3.63) is 71.2 Å². The number of benzene rings is 2. The summed E-state index contributed by atoms with van der Waals surface area (Å²) >= 11 is 0. The summed E-state index contributed by atoms with van der Waals surface area (Å²) in [6, 6.07) is 15.9. The molecule has 0 spiro atoms. The van der Waals surface area contributed by atoms with Gasteiger partial charge in [0.1, 0.15) is 23.0 Å². The first kappa shape index (κ1) is 23.5. The molecule has 1 aromatic heterocycles. The second-order valence-electron chi connectivity index (χ2n) is 8.58. The average molecular weight is 465 g/mol. The molecule has 1 aliphatic rings. The maximum absolute atomic E-state index is 13.2. The van der Waals surface area contributed by atoms with Crippen molar-refractivity contribution < 1.29 is 23.4 Å². The van der Waals surface area contributed by atoms with Crippen molar-refractivity contribution >= 4 is 11.6 Å². The molecule has 1 atom stereocenters. The smallest absolute Gasteiger partial charge is 0.289 e. The van der Waals surface area contributed by atoms with E-state index in [4.69, 9.17) is 18.6 Å². The van der Waals surface area contributed by atoms with E-state index in [0.717, 1.165) is 12.1 Å². The van der Waals surface area contributed by atoms with Gasteiger partial charge in [-0.25, -0.2) is 0 Å². The van der Waals surface area contributed by atoms with Gasteiger partial charge >= 0.3 is 0 Å². The summed E-state index contributed by atoms with van der Waals surface area (Å²) in [5.41, 5.74) is 3.26. The first-order chi connectivity index (χ1) is 16.4. The lowest BCUT2D eigenvalue weighted by atomic mass is 10.1. The van der Waals surface area contributed by atoms with E-state index in [2.05, 4.69) is 43.0 Å². The molecule has 2 aromatic carbocycles. The molecule has 1 saturated heterocycles. The van der Waals surface area contributed by atoms with Crippen LogP contribution in [0.1, 0.15) is 34.4 Å². The molecule has 2 heterocycles. The van der Waals surface area contributed by atoms with Gasteiger partial charge in [0.25, 0.3) is 5.91 Å². The standard InChI is InChI=1S/C27H32N2O5/c1-18-6-8-20(9-7-18)29-13-12-28(17-19(29)2)27(30)24-11-10-21(34-24)14-23-25(32-4)15-22(31-3)16-26(23)33-5/h6-11,15-16,19H,12-14,17H2,1-5H3. The second-order valence-corrected chi connectivity index (χ2v) is 8.58. The van der Waals surface area contributed by atoms with Gasteiger partial charge in [-0.2, -0.15) is 0 Å². The van der Waals surface area contributed by atoms with Crippen LogP contribution in [0.2, 0.25) is 0 Å². The Kier molecular flexibility index (Phi) is 7.01. The van der Waals surface area contributed by atoms with Gasteiger partial charge < -0.3 is 28.4 Å². The molecule has 0 bridgehead atoms. The second kappa shape index (κ2) is 10.1. The van der Waals surface area contributed by atoms with Crippen LogP contribution in [0.25, 0.3) is 0 Å². The molecular weight excluding hydrogens is 432 g/mol. The Morgan fingerprint density at radius 2 is 1.65 bits per heavy atom. The van der Waals surface area contributed by atoms with Gasteiger partial charge in [0.15, 0.2) is 5.76 Å². The van der Waals surface area contributed by atoms with Crippen molar-refractivity contribution in [3.8, 4) is 17.2 Å². The maximum Gasteiger partial charge on any atom is 0.289 e. The fourth-order valence-corrected chi connectivity index (χ4v) is 4.43. The quantitative estimate of drug-likeness (QED) is 0.511. The number of rotatable bonds is 7. The third-order valence-electron chi connectivity index (χ3n) is 6.32. The molecule has 0 aliphatic carbocycles. The summed E-state index contributed by atoms with van der Waals surface area (Å²) in [5, 5.41) is 0. The monoisotopic (exact) mass is 464 g/mol. The van der Waals surface area contributed by atoms with Crippen molar-refractivity contribution in [2.24, 2.45) is 0 Å². The number of methoxy groups -OCH3 is 3. The van der Waals surface area contributed by atoms with Crippen LogP contribution in [0.15, 0.2) is 52.9 Å². The van der Waals surface area contributed by atoms with E-state index in [0.29, 0.717) is 48.3 Å². The van der Waals surface area contributed by atoms with Crippen LogP contribution < -0.4 is 19.1 Å². The Hall–Kier alpha value is -3.61. The van der Waals surface area contributed by atoms with Crippen molar-refractivity contribution in [2.75, 3.05) is 45.9 Å². The number of aryl methyl sites for hydroxylation is 1. The Morgan fingerprint density at radius 1 is 0.971 bits per heavy atom. The van der Waals surface area contributed by atoms with E-state index in [1.165, 1.54) is 11.3 Å². The number of furan rings is 1. The molecule has 34 heavy (non-hydrogen) atoms. The Balaban J connectivity index is 1.46. The molecule has 180 valence electrons. The molecule has 7 nitrogen and oxygen atoms in total. The summed E-state index contributed by atoms with van der Waals surface area (Å²) in [6.45, 7) is 6.30. The van der Waals surface area contributed by atoms with Gasteiger partial charge in [0.2, 0.25) is 0 Å². The van der Waals surface area contributed by atoms with Gasteiger partial charge in [-0.3, -0.25) is 4.79 Å². The summed E-state index contributed by atoms with van der Waals surface area (Å²) in [4.78, 5) is 17.4. The highest BCUT2D eigenvalue weighted by Crippen LogP contribution is 2.36. The van der Waals surface area contributed by atoms with Crippen LogP contribution in [-0.4, -0.2) is 57.8 Å². The van der Waals surface area contributed by atoms with Crippen molar-refractivity contribution in [2.45, 2.75) is 26.3 Å². The van der Waals surface area contributed by atoms with Crippen LogP contribution in [0.4, 0.5) is 5.69 Å². The number of amides is 1. The molecule has 0 saturated carbocycles. The number of hydrogen-bond acceptors (Lipinski definition) is 6. The zero-order valence-corrected chi connectivity index (χ0v) is 20.5. The molecule has 0 N–H and O–H groups in total. The number of ether oxygens (including phenoxy) is 3. The molecule has 3 aromatic rings. The fraction of sp³-hybridized carbons (Fsp3) is 0.370. The summed E-state index contributed by atoms with van der Waals surface area (Å²) in [5.74, 6) is 2.85. The Bertz CT molecular complexity index is 1110. The molecule has 4 rings (SSSR count). The molecule has 7 heteroatoms. The minimum Gasteiger partial charge on any atom is -0.496 e.